The van der Waals surface area contributed by atoms with Crippen molar-refractivity contribution in [2.75, 3.05) is 19.0 Å². The van der Waals surface area contributed by atoms with Crippen LogP contribution in [-0.4, -0.2) is 18.6 Å². The molecule has 0 heterocycles. The molecule has 0 amide bonds. The summed E-state index contributed by atoms with van der Waals surface area (Å²) in [5.74, 6) is 0. The van der Waals surface area contributed by atoms with E-state index in [2.05, 4.69) is 5.32 Å². The van der Waals surface area contributed by atoms with E-state index >= 15 is 0 Å². The number of benzene rings is 1. The Labute approximate surface area is 88.2 Å². The molecule has 1 aromatic rings. The second kappa shape index (κ2) is 5.31. The first-order valence-electron chi connectivity index (χ1n) is 4.69. The van der Waals surface area contributed by atoms with E-state index in [9.17, 15) is 10.1 Å². The number of methoxy groups -OCH3 is 1. The maximum atomic E-state index is 10.8. The molecule has 1 rings (SSSR count). The molecule has 0 fully saturated rings. The SMILES string of the molecule is CCNc1c(COC)cccc1[N+](=O)[O-]. The monoisotopic (exact) mass is 210 g/mol. The van der Waals surface area contributed by atoms with E-state index in [1.165, 1.54) is 6.07 Å². The van der Waals surface area contributed by atoms with Gasteiger partial charge in [-0.1, -0.05) is 12.1 Å². The van der Waals surface area contributed by atoms with Gasteiger partial charge in [-0.25, -0.2) is 0 Å². The van der Waals surface area contributed by atoms with Gasteiger partial charge in [0.1, 0.15) is 5.69 Å². The van der Waals surface area contributed by atoms with Crippen LogP contribution in [0.5, 0.6) is 0 Å². The Morgan fingerprint density at radius 3 is 2.80 bits per heavy atom. The van der Waals surface area contributed by atoms with Crippen molar-refractivity contribution in [2.45, 2.75) is 13.5 Å². The highest BCUT2D eigenvalue weighted by molar-refractivity contribution is 5.66. The largest absolute Gasteiger partial charge is 0.380 e. The number of anilines is 1. The summed E-state index contributed by atoms with van der Waals surface area (Å²) in [7, 11) is 1.56. The summed E-state index contributed by atoms with van der Waals surface area (Å²) < 4.78 is 4.99. The molecule has 5 heteroatoms. The highest BCUT2D eigenvalue weighted by Gasteiger charge is 2.16. The molecule has 1 N–H and O–H groups in total. The van der Waals surface area contributed by atoms with Gasteiger partial charge in [-0.2, -0.15) is 0 Å². The quantitative estimate of drug-likeness (QED) is 0.597. The first kappa shape index (κ1) is 11.5. The van der Waals surface area contributed by atoms with E-state index in [0.717, 1.165) is 5.56 Å². The second-order valence-corrected chi connectivity index (χ2v) is 3.03. The van der Waals surface area contributed by atoms with Gasteiger partial charge >= 0.3 is 0 Å². The molecule has 0 aliphatic heterocycles. The molecule has 0 spiro atoms. The topological polar surface area (TPSA) is 64.4 Å². The molecule has 0 saturated carbocycles. The average Bonchev–Trinajstić information content (AvgIpc) is 2.21. The number of nitrogens with one attached hydrogen (secondary N) is 1. The van der Waals surface area contributed by atoms with E-state index in [4.69, 9.17) is 4.74 Å². The van der Waals surface area contributed by atoms with Crippen LogP contribution in [0.1, 0.15) is 12.5 Å². The van der Waals surface area contributed by atoms with E-state index in [1.54, 1.807) is 13.2 Å². The van der Waals surface area contributed by atoms with Gasteiger partial charge in [-0.05, 0) is 6.92 Å². The number of nitrogens with zero attached hydrogens (tertiary/aromatic N) is 1. The summed E-state index contributed by atoms with van der Waals surface area (Å²) in [5, 5.41) is 13.8. The minimum atomic E-state index is -0.392. The van der Waals surface area contributed by atoms with Gasteiger partial charge < -0.3 is 10.1 Å². The Bertz CT molecular complexity index is 353. The van der Waals surface area contributed by atoms with E-state index in [1.807, 2.05) is 13.0 Å². The number of ether oxygens (including phenoxy) is 1. The van der Waals surface area contributed by atoms with Crippen molar-refractivity contribution in [1.82, 2.24) is 0 Å². The Balaban J connectivity index is 3.15. The molecule has 0 atom stereocenters. The fourth-order valence-corrected chi connectivity index (χ4v) is 1.40. The number of hydrogen-bond acceptors (Lipinski definition) is 4. The first-order chi connectivity index (χ1) is 7.20. The Morgan fingerprint density at radius 2 is 2.27 bits per heavy atom. The normalized spacial score (nSPS) is 10.0. The van der Waals surface area contributed by atoms with Crippen LogP contribution in [0.2, 0.25) is 0 Å². The predicted octanol–water partition coefficient (Wildman–Crippen LogP) is 2.17. The fourth-order valence-electron chi connectivity index (χ4n) is 1.40. The third-order valence-electron chi connectivity index (χ3n) is 1.98. The molecular formula is C10H14N2O3. The fraction of sp³-hybridized carbons (Fsp3) is 0.400. The molecule has 82 valence electrons. The number of nitro groups is 1. The van der Waals surface area contributed by atoms with Crippen LogP contribution < -0.4 is 5.32 Å². The van der Waals surface area contributed by atoms with E-state index in [0.29, 0.717) is 18.8 Å². The third kappa shape index (κ3) is 2.66. The van der Waals surface area contributed by atoms with Crippen molar-refractivity contribution in [3.8, 4) is 0 Å². The summed E-state index contributed by atoms with van der Waals surface area (Å²) in [4.78, 5) is 10.4. The number of para-hydroxylation sites is 1. The summed E-state index contributed by atoms with van der Waals surface area (Å²) in [6.45, 7) is 2.90. The van der Waals surface area contributed by atoms with Crippen LogP contribution in [0.4, 0.5) is 11.4 Å². The van der Waals surface area contributed by atoms with Gasteiger partial charge in [-0.3, -0.25) is 10.1 Å². The average molecular weight is 210 g/mol. The Hall–Kier alpha value is -1.62. The van der Waals surface area contributed by atoms with E-state index in [-0.39, 0.29) is 5.69 Å². The highest BCUT2D eigenvalue weighted by atomic mass is 16.6. The lowest BCUT2D eigenvalue weighted by Gasteiger charge is -2.09. The molecule has 15 heavy (non-hydrogen) atoms. The smallest absolute Gasteiger partial charge is 0.292 e. The van der Waals surface area contributed by atoms with Crippen LogP contribution in [0, 0.1) is 10.1 Å². The van der Waals surface area contributed by atoms with Gasteiger partial charge in [0.15, 0.2) is 0 Å². The second-order valence-electron chi connectivity index (χ2n) is 3.03. The molecule has 0 unspecified atom stereocenters. The zero-order valence-electron chi connectivity index (χ0n) is 8.82. The lowest BCUT2D eigenvalue weighted by molar-refractivity contribution is -0.384. The van der Waals surface area contributed by atoms with Crippen LogP contribution in [-0.2, 0) is 11.3 Å². The highest BCUT2D eigenvalue weighted by Crippen LogP contribution is 2.28. The Kier molecular flexibility index (Phi) is 4.05. The minimum Gasteiger partial charge on any atom is -0.380 e. The molecule has 1 aromatic carbocycles. The van der Waals surface area contributed by atoms with Crippen LogP contribution in [0.25, 0.3) is 0 Å². The summed E-state index contributed by atoms with van der Waals surface area (Å²) in [6.07, 6.45) is 0. The molecular weight excluding hydrogens is 196 g/mol. The molecule has 0 aromatic heterocycles. The maximum Gasteiger partial charge on any atom is 0.292 e. The lowest BCUT2D eigenvalue weighted by atomic mass is 10.1. The molecule has 0 bridgehead atoms. The lowest BCUT2D eigenvalue weighted by Crippen LogP contribution is -2.05. The zero-order valence-corrected chi connectivity index (χ0v) is 8.82. The molecule has 0 saturated heterocycles. The minimum absolute atomic E-state index is 0.0893. The van der Waals surface area contributed by atoms with Crippen molar-refractivity contribution in [3.05, 3.63) is 33.9 Å². The Morgan fingerprint density at radius 1 is 1.53 bits per heavy atom. The summed E-state index contributed by atoms with van der Waals surface area (Å²) in [5.41, 5.74) is 1.44. The molecule has 0 aliphatic rings. The van der Waals surface area contributed by atoms with Crippen LogP contribution in [0.3, 0.4) is 0 Å². The summed E-state index contributed by atoms with van der Waals surface area (Å²) in [6, 6.07) is 4.96. The maximum absolute atomic E-state index is 10.8. The van der Waals surface area contributed by atoms with Crippen LogP contribution >= 0.6 is 0 Å². The molecule has 0 aliphatic carbocycles. The first-order valence-corrected chi connectivity index (χ1v) is 4.69. The number of hydrogen-bond donors (Lipinski definition) is 1. The van der Waals surface area contributed by atoms with Gasteiger partial charge in [0.2, 0.25) is 0 Å². The standard InChI is InChI=1S/C10H14N2O3/c1-3-11-10-8(7-15-2)5-4-6-9(10)12(13)14/h4-6,11H,3,7H2,1-2H3. The van der Waals surface area contributed by atoms with Gasteiger partial charge in [0.05, 0.1) is 11.5 Å². The van der Waals surface area contributed by atoms with Gasteiger partial charge in [0.25, 0.3) is 5.69 Å². The van der Waals surface area contributed by atoms with Crippen molar-refractivity contribution in [1.29, 1.82) is 0 Å². The zero-order chi connectivity index (χ0) is 11.3. The van der Waals surface area contributed by atoms with Crippen molar-refractivity contribution in [2.24, 2.45) is 0 Å². The van der Waals surface area contributed by atoms with Crippen LogP contribution in [0.15, 0.2) is 18.2 Å². The summed E-state index contributed by atoms with van der Waals surface area (Å²) >= 11 is 0. The molecule has 0 radical (unpaired) electrons. The predicted molar refractivity (Wildman–Crippen MR) is 58.0 cm³/mol. The van der Waals surface area contributed by atoms with Gasteiger partial charge in [-0.15, -0.1) is 0 Å². The van der Waals surface area contributed by atoms with Crippen molar-refractivity contribution < 1.29 is 9.66 Å². The number of rotatable bonds is 5. The van der Waals surface area contributed by atoms with E-state index < -0.39 is 4.92 Å². The third-order valence-corrected chi connectivity index (χ3v) is 1.98. The van der Waals surface area contributed by atoms with Crippen molar-refractivity contribution in [3.63, 3.8) is 0 Å². The molecule has 5 nitrogen and oxygen atoms in total. The van der Waals surface area contributed by atoms with Gasteiger partial charge in [0, 0.05) is 25.3 Å². The number of nitro benzene ring substituents is 1. The van der Waals surface area contributed by atoms with Crippen molar-refractivity contribution >= 4 is 11.4 Å².